The van der Waals surface area contributed by atoms with Crippen LogP contribution >= 0.6 is 15.9 Å². The van der Waals surface area contributed by atoms with Crippen LogP contribution in [0.5, 0.6) is 0 Å². The van der Waals surface area contributed by atoms with Gasteiger partial charge in [0, 0.05) is 23.4 Å². The van der Waals surface area contributed by atoms with E-state index >= 15 is 0 Å². The third kappa shape index (κ3) is 2.46. The summed E-state index contributed by atoms with van der Waals surface area (Å²) in [5.41, 5.74) is 2.69. The number of amides is 1. The van der Waals surface area contributed by atoms with Gasteiger partial charge in [-0.1, -0.05) is 0 Å². The van der Waals surface area contributed by atoms with Gasteiger partial charge in [0.25, 0.3) is 5.91 Å². The van der Waals surface area contributed by atoms with Crippen LogP contribution in [-0.4, -0.2) is 15.5 Å². The number of hydrogen-bond acceptors (Lipinski definition) is 2. The van der Waals surface area contributed by atoms with Gasteiger partial charge in [0.15, 0.2) is 0 Å². The minimum atomic E-state index is -0.153. The predicted octanol–water partition coefficient (Wildman–Crippen LogP) is 3.05. The number of aryl methyl sites for hydroxylation is 2. The monoisotopic (exact) mass is 307 g/mol. The van der Waals surface area contributed by atoms with E-state index in [1.165, 1.54) is 0 Å². The Labute approximate surface area is 114 Å². The van der Waals surface area contributed by atoms with Gasteiger partial charge < -0.3 is 9.88 Å². The zero-order valence-electron chi connectivity index (χ0n) is 10.5. The van der Waals surface area contributed by atoms with Gasteiger partial charge in [-0.2, -0.15) is 0 Å². The molecule has 1 amide bonds. The molecule has 0 unspecified atom stereocenters. The molecule has 0 aliphatic rings. The topological polar surface area (TPSA) is 46.9 Å². The number of carbonyl (C=O) groups is 1. The Morgan fingerprint density at radius 3 is 2.67 bits per heavy atom. The zero-order chi connectivity index (χ0) is 13.3. The van der Waals surface area contributed by atoms with Crippen molar-refractivity contribution in [3.8, 4) is 0 Å². The molecule has 0 saturated heterocycles. The van der Waals surface area contributed by atoms with Crippen LogP contribution in [-0.2, 0) is 7.05 Å². The number of aromatic nitrogens is 2. The van der Waals surface area contributed by atoms with Gasteiger partial charge in [0.05, 0.1) is 0 Å². The first-order valence-electron chi connectivity index (χ1n) is 5.55. The van der Waals surface area contributed by atoms with Gasteiger partial charge in [-0.25, -0.2) is 4.98 Å². The highest BCUT2D eigenvalue weighted by Gasteiger charge is 2.11. The lowest BCUT2D eigenvalue weighted by Crippen LogP contribution is -2.16. The summed E-state index contributed by atoms with van der Waals surface area (Å²) in [6, 6.07) is 5.54. The lowest BCUT2D eigenvalue weighted by molar-refractivity contribution is 0.101. The first-order chi connectivity index (χ1) is 8.49. The van der Waals surface area contributed by atoms with E-state index in [-0.39, 0.29) is 5.91 Å². The SMILES string of the molecule is Cc1cc(NC(=O)c2ccc(C)n2C)ncc1Br. The van der Waals surface area contributed by atoms with Crippen molar-refractivity contribution in [3.63, 3.8) is 0 Å². The summed E-state index contributed by atoms with van der Waals surface area (Å²) in [5.74, 6) is 0.402. The van der Waals surface area contributed by atoms with Crippen LogP contribution in [0.25, 0.3) is 0 Å². The number of nitrogens with one attached hydrogen (secondary N) is 1. The predicted molar refractivity (Wildman–Crippen MR) is 74.8 cm³/mol. The summed E-state index contributed by atoms with van der Waals surface area (Å²) < 4.78 is 2.77. The van der Waals surface area contributed by atoms with Crippen molar-refractivity contribution in [1.29, 1.82) is 0 Å². The largest absolute Gasteiger partial charge is 0.344 e. The Morgan fingerprint density at radius 2 is 2.11 bits per heavy atom. The lowest BCUT2D eigenvalue weighted by atomic mass is 10.3. The number of hydrogen-bond donors (Lipinski definition) is 1. The fourth-order valence-corrected chi connectivity index (χ4v) is 1.85. The highest BCUT2D eigenvalue weighted by molar-refractivity contribution is 9.10. The molecule has 2 heterocycles. The quantitative estimate of drug-likeness (QED) is 0.927. The first kappa shape index (κ1) is 12.8. The van der Waals surface area contributed by atoms with E-state index < -0.39 is 0 Å². The van der Waals surface area contributed by atoms with Gasteiger partial charge in [0.2, 0.25) is 0 Å². The molecular formula is C13H14BrN3O. The Balaban J connectivity index is 2.21. The van der Waals surface area contributed by atoms with Gasteiger partial charge in [-0.05, 0) is 53.5 Å². The summed E-state index contributed by atoms with van der Waals surface area (Å²) in [6.07, 6.45) is 1.68. The van der Waals surface area contributed by atoms with E-state index in [1.54, 1.807) is 12.3 Å². The van der Waals surface area contributed by atoms with Crippen molar-refractivity contribution in [3.05, 3.63) is 45.8 Å². The molecule has 0 spiro atoms. The Hall–Kier alpha value is -1.62. The van der Waals surface area contributed by atoms with Crippen LogP contribution in [0.15, 0.2) is 28.9 Å². The average Bonchev–Trinajstić information content (AvgIpc) is 2.65. The van der Waals surface area contributed by atoms with Crippen LogP contribution in [0.1, 0.15) is 21.7 Å². The molecule has 4 nitrogen and oxygen atoms in total. The second-order valence-electron chi connectivity index (χ2n) is 4.19. The van der Waals surface area contributed by atoms with E-state index in [0.29, 0.717) is 11.5 Å². The molecule has 0 fully saturated rings. The van der Waals surface area contributed by atoms with Gasteiger partial charge in [0.1, 0.15) is 11.5 Å². The van der Waals surface area contributed by atoms with E-state index in [2.05, 4.69) is 26.2 Å². The minimum Gasteiger partial charge on any atom is -0.344 e. The van der Waals surface area contributed by atoms with E-state index in [4.69, 9.17) is 0 Å². The fourth-order valence-electron chi connectivity index (χ4n) is 1.63. The molecule has 2 aromatic rings. The number of nitrogens with zero attached hydrogens (tertiary/aromatic N) is 2. The summed E-state index contributed by atoms with van der Waals surface area (Å²) in [4.78, 5) is 16.2. The van der Waals surface area contributed by atoms with Crippen LogP contribution < -0.4 is 5.32 Å². The summed E-state index contributed by atoms with van der Waals surface area (Å²) in [5, 5.41) is 2.79. The smallest absolute Gasteiger partial charge is 0.273 e. The standard InChI is InChI=1S/C13H14BrN3O/c1-8-6-12(15-7-10(8)14)16-13(18)11-5-4-9(2)17(11)3/h4-7H,1-3H3,(H,15,16,18). The molecule has 18 heavy (non-hydrogen) atoms. The average molecular weight is 308 g/mol. The molecule has 0 aromatic carbocycles. The molecule has 2 aromatic heterocycles. The normalized spacial score (nSPS) is 10.4. The molecule has 0 saturated carbocycles. The van der Waals surface area contributed by atoms with Crippen molar-refractivity contribution in [2.45, 2.75) is 13.8 Å². The summed E-state index contributed by atoms with van der Waals surface area (Å²) >= 11 is 3.38. The van der Waals surface area contributed by atoms with Crippen molar-refractivity contribution >= 4 is 27.7 Å². The zero-order valence-corrected chi connectivity index (χ0v) is 12.1. The van der Waals surface area contributed by atoms with E-state index in [0.717, 1.165) is 15.7 Å². The number of pyridine rings is 1. The number of anilines is 1. The van der Waals surface area contributed by atoms with Crippen LogP contribution in [0.3, 0.4) is 0 Å². The van der Waals surface area contributed by atoms with E-state index in [1.807, 2.05) is 37.6 Å². The summed E-state index contributed by atoms with van der Waals surface area (Å²) in [6.45, 7) is 3.91. The summed E-state index contributed by atoms with van der Waals surface area (Å²) in [7, 11) is 1.87. The Bertz CT molecular complexity index is 604. The van der Waals surface area contributed by atoms with Gasteiger partial charge in [-0.3, -0.25) is 4.79 Å². The van der Waals surface area contributed by atoms with Gasteiger partial charge in [-0.15, -0.1) is 0 Å². The van der Waals surface area contributed by atoms with Crippen molar-refractivity contribution in [2.75, 3.05) is 5.32 Å². The van der Waals surface area contributed by atoms with Crippen LogP contribution in [0.4, 0.5) is 5.82 Å². The Kier molecular flexibility index (Phi) is 3.52. The van der Waals surface area contributed by atoms with Crippen LogP contribution in [0.2, 0.25) is 0 Å². The Morgan fingerprint density at radius 1 is 1.39 bits per heavy atom. The second kappa shape index (κ2) is 4.94. The number of rotatable bonds is 2. The molecule has 94 valence electrons. The molecule has 1 N–H and O–H groups in total. The molecule has 5 heteroatoms. The highest BCUT2D eigenvalue weighted by Crippen LogP contribution is 2.18. The molecule has 0 aliphatic carbocycles. The van der Waals surface area contributed by atoms with Crippen molar-refractivity contribution < 1.29 is 4.79 Å². The molecule has 0 radical (unpaired) electrons. The van der Waals surface area contributed by atoms with Crippen molar-refractivity contribution in [2.24, 2.45) is 7.05 Å². The molecule has 0 bridgehead atoms. The highest BCUT2D eigenvalue weighted by atomic mass is 79.9. The third-order valence-electron chi connectivity index (χ3n) is 2.89. The number of halogens is 1. The lowest BCUT2D eigenvalue weighted by Gasteiger charge is -2.07. The minimum absolute atomic E-state index is 0.153. The second-order valence-corrected chi connectivity index (χ2v) is 5.05. The maximum atomic E-state index is 12.1. The molecule has 0 atom stereocenters. The fraction of sp³-hybridized carbons (Fsp3) is 0.231. The molecule has 2 rings (SSSR count). The molecule has 0 aliphatic heterocycles. The third-order valence-corrected chi connectivity index (χ3v) is 3.72. The van der Waals surface area contributed by atoms with Gasteiger partial charge >= 0.3 is 0 Å². The first-order valence-corrected chi connectivity index (χ1v) is 6.34. The molecular weight excluding hydrogens is 294 g/mol. The van der Waals surface area contributed by atoms with E-state index in [9.17, 15) is 4.79 Å². The maximum Gasteiger partial charge on any atom is 0.273 e. The van der Waals surface area contributed by atoms with Crippen LogP contribution in [0, 0.1) is 13.8 Å². The maximum absolute atomic E-state index is 12.1. The van der Waals surface area contributed by atoms with Crippen molar-refractivity contribution in [1.82, 2.24) is 9.55 Å². The number of carbonyl (C=O) groups excluding carboxylic acids is 1.